The van der Waals surface area contributed by atoms with Crippen LogP contribution in [-0.4, -0.2) is 46.0 Å². The third kappa shape index (κ3) is 1.40. The number of hydrogen-bond donors (Lipinski definition) is 1. The predicted octanol–water partition coefficient (Wildman–Crippen LogP) is 0.0136. The van der Waals surface area contributed by atoms with Crippen molar-refractivity contribution in [3.63, 3.8) is 0 Å². The van der Waals surface area contributed by atoms with E-state index in [2.05, 4.69) is 0 Å². The first-order valence-electron chi connectivity index (χ1n) is 5.42. The molecule has 1 amide bonds. The molecule has 2 aliphatic heterocycles. The molecule has 0 aromatic heterocycles. The van der Waals surface area contributed by atoms with E-state index in [0.29, 0.717) is 0 Å². The highest BCUT2D eigenvalue weighted by molar-refractivity contribution is 6.21. The first kappa shape index (κ1) is 12.0. The second-order valence-electron chi connectivity index (χ2n) is 5.56. The molecule has 2 rings (SSSR count). The molecule has 2 aliphatic rings. The van der Waals surface area contributed by atoms with Crippen LogP contribution in [0, 0.1) is 5.41 Å². The van der Waals surface area contributed by atoms with E-state index in [-0.39, 0.29) is 13.0 Å². The topological polar surface area (TPSA) is 83.9 Å². The summed E-state index contributed by atoms with van der Waals surface area (Å²) in [7, 11) is 0. The maximum Gasteiger partial charge on any atom is 0.340 e. The first-order valence-corrected chi connectivity index (χ1v) is 5.42. The Hall–Kier alpha value is -1.43. The maximum atomic E-state index is 11.8. The van der Waals surface area contributed by atoms with Gasteiger partial charge in [-0.25, -0.2) is 4.79 Å². The molecular formula is C11H15NO5. The number of Topliss-reactive ketones (excluding diaryl/α,β-unsaturated/α-hetero) is 1. The van der Waals surface area contributed by atoms with Gasteiger partial charge in [0.2, 0.25) is 11.4 Å². The summed E-state index contributed by atoms with van der Waals surface area (Å²) in [5, 5.41) is 9.25. The minimum absolute atomic E-state index is 0.255. The van der Waals surface area contributed by atoms with Gasteiger partial charge >= 0.3 is 5.97 Å². The molecule has 2 saturated heterocycles. The number of ether oxygens (including phenoxy) is 1. The number of hydrogen-bond acceptors (Lipinski definition) is 4. The number of aliphatic carboxylic acids is 1. The van der Waals surface area contributed by atoms with Crippen molar-refractivity contribution in [3.05, 3.63) is 0 Å². The van der Waals surface area contributed by atoms with Crippen LogP contribution in [-0.2, 0) is 19.1 Å². The van der Waals surface area contributed by atoms with Crippen molar-refractivity contribution >= 4 is 17.7 Å². The van der Waals surface area contributed by atoms with Gasteiger partial charge in [0.15, 0.2) is 5.78 Å². The van der Waals surface area contributed by atoms with Crippen LogP contribution in [0.25, 0.3) is 0 Å². The summed E-state index contributed by atoms with van der Waals surface area (Å²) in [6.07, 6.45) is -1.01. The van der Waals surface area contributed by atoms with E-state index in [1.807, 2.05) is 20.8 Å². The van der Waals surface area contributed by atoms with Crippen molar-refractivity contribution in [1.29, 1.82) is 0 Å². The summed E-state index contributed by atoms with van der Waals surface area (Å²) in [6.45, 7) is 5.26. The fraction of sp³-hybridized carbons (Fsp3) is 0.727. The van der Waals surface area contributed by atoms with E-state index in [9.17, 15) is 19.5 Å². The molecule has 0 radical (unpaired) electrons. The number of nitrogens with zero attached hydrogens (tertiary/aromatic N) is 1. The molecule has 0 aromatic carbocycles. The molecule has 0 unspecified atom stereocenters. The van der Waals surface area contributed by atoms with Gasteiger partial charge in [0.1, 0.15) is 6.23 Å². The lowest BCUT2D eigenvalue weighted by molar-refractivity contribution is -0.157. The van der Waals surface area contributed by atoms with Crippen molar-refractivity contribution < 1.29 is 24.2 Å². The number of rotatable bonds is 1. The van der Waals surface area contributed by atoms with Gasteiger partial charge in [0.05, 0.1) is 13.0 Å². The highest BCUT2D eigenvalue weighted by Gasteiger charge is 2.66. The largest absolute Gasteiger partial charge is 0.479 e. The van der Waals surface area contributed by atoms with Gasteiger partial charge in [0.25, 0.3) is 0 Å². The van der Waals surface area contributed by atoms with Gasteiger partial charge < -0.3 is 9.84 Å². The third-order valence-electron chi connectivity index (χ3n) is 3.23. The SMILES string of the molecule is CC(C)(C)[C@H]1OC[C@]2(C(=O)O)C(=O)CC(=O)N12. The Kier molecular flexibility index (Phi) is 2.33. The van der Waals surface area contributed by atoms with E-state index in [1.165, 1.54) is 0 Å². The number of carboxylic acid groups (broad SMARTS) is 1. The van der Waals surface area contributed by atoms with Crippen LogP contribution in [0.15, 0.2) is 0 Å². The first-order chi connectivity index (χ1) is 7.71. The molecule has 1 N–H and O–H groups in total. The van der Waals surface area contributed by atoms with Crippen molar-refractivity contribution in [2.45, 2.75) is 39.0 Å². The average Bonchev–Trinajstić information content (AvgIpc) is 2.65. The lowest BCUT2D eigenvalue weighted by Crippen LogP contribution is -2.57. The van der Waals surface area contributed by atoms with Crippen LogP contribution in [0.1, 0.15) is 27.2 Å². The summed E-state index contributed by atoms with van der Waals surface area (Å²) in [5.41, 5.74) is -2.23. The number of carbonyl (C=O) groups is 3. The van der Waals surface area contributed by atoms with Gasteiger partial charge in [-0.05, 0) is 0 Å². The molecule has 2 heterocycles. The Morgan fingerprint density at radius 3 is 2.53 bits per heavy atom. The van der Waals surface area contributed by atoms with Crippen LogP contribution in [0.3, 0.4) is 0 Å². The number of amides is 1. The van der Waals surface area contributed by atoms with Crippen LogP contribution in [0.5, 0.6) is 0 Å². The molecule has 0 spiro atoms. The molecule has 0 aromatic rings. The van der Waals surface area contributed by atoms with Gasteiger partial charge in [-0.15, -0.1) is 0 Å². The number of fused-ring (bicyclic) bond motifs is 1. The molecule has 0 bridgehead atoms. The number of carbonyl (C=O) groups excluding carboxylic acids is 2. The van der Waals surface area contributed by atoms with E-state index in [1.54, 1.807) is 0 Å². The molecule has 2 fully saturated rings. The quantitative estimate of drug-likeness (QED) is 0.654. The van der Waals surface area contributed by atoms with Crippen LogP contribution in [0.4, 0.5) is 0 Å². The van der Waals surface area contributed by atoms with Gasteiger partial charge in [-0.3, -0.25) is 14.5 Å². The molecule has 6 heteroatoms. The zero-order valence-corrected chi connectivity index (χ0v) is 10.0. The fourth-order valence-electron chi connectivity index (χ4n) is 2.39. The Morgan fingerprint density at radius 1 is 1.47 bits per heavy atom. The van der Waals surface area contributed by atoms with Crippen LogP contribution in [0.2, 0.25) is 0 Å². The summed E-state index contributed by atoms with van der Waals surface area (Å²) in [6, 6.07) is 0. The van der Waals surface area contributed by atoms with Crippen molar-refractivity contribution in [2.24, 2.45) is 5.41 Å². The number of carboxylic acids is 1. The van der Waals surface area contributed by atoms with Crippen molar-refractivity contribution in [2.75, 3.05) is 6.61 Å². The predicted molar refractivity (Wildman–Crippen MR) is 56.0 cm³/mol. The van der Waals surface area contributed by atoms with Crippen molar-refractivity contribution in [3.8, 4) is 0 Å². The summed E-state index contributed by atoms with van der Waals surface area (Å²) in [5.74, 6) is -2.35. The normalized spacial score (nSPS) is 33.1. The summed E-state index contributed by atoms with van der Waals surface area (Å²) >= 11 is 0. The van der Waals surface area contributed by atoms with Gasteiger partial charge in [0, 0.05) is 5.41 Å². The average molecular weight is 241 g/mol. The summed E-state index contributed by atoms with van der Waals surface area (Å²) in [4.78, 5) is 36.0. The third-order valence-corrected chi connectivity index (χ3v) is 3.23. The lowest BCUT2D eigenvalue weighted by Gasteiger charge is -2.34. The van der Waals surface area contributed by atoms with Gasteiger partial charge in [-0.2, -0.15) is 0 Å². The van der Waals surface area contributed by atoms with Crippen LogP contribution >= 0.6 is 0 Å². The Labute approximate surface area is 98.5 Å². The van der Waals surface area contributed by atoms with Crippen LogP contribution < -0.4 is 0 Å². The second-order valence-corrected chi connectivity index (χ2v) is 5.56. The highest BCUT2D eigenvalue weighted by atomic mass is 16.5. The Balaban J connectivity index is 2.49. The molecule has 0 aliphatic carbocycles. The lowest BCUT2D eigenvalue weighted by atomic mass is 9.91. The summed E-state index contributed by atoms with van der Waals surface area (Å²) < 4.78 is 5.39. The van der Waals surface area contributed by atoms with E-state index in [4.69, 9.17) is 4.74 Å². The Bertz CT molecular complexity index is 411. The number of ketones is 1. The van der Waals surface area contributed by atoms with E-state index < -0.39 is 34.8 Å². The van der Waals surface area contributed by atoms with E-state index >= 15 is 0 Å². The smallest absolute Gasteiger partial charge is 0.340 e. The fourth-order valence-corrected chi connectivity index (χ4v) is 2.39. The molecule has 94 valence electrons. The maximum absolute atomic E-state index is 11.8. The van der Waals surface area contributed by atoms with Gasteiger partial charge in [-0.1, -0.05) is 20.8 Å². The highest BCUT2D eigenvalue weighted by Crippen LogP contribution is 2.42. The zero-order valence-electron chi connectivity index (χ0n) is 10.0. The molecule has 0 saturated carbocycles. The monoisotopic (exact) mass is 241 g/mol. The minimum Gasteiger partial charge on any atom is -0.479 e. The zero-order chi connectivity index (χ0) is 13.0. The standard InChI is InChI=1S/C11H15NO5/c1-10(2,3)8-12-7(14)4-6(13)11(12,5-17-8)9(15)16/h8H,4-5H2,1-3H3,(H,15,16)/t8-,11-/m1/s1. The molecule has 6 nitrogen and oxygen atoms in total. The molecule has 2 atom stereocenters. The van der Waals surface area contributed by atoms with Crippen molar-refractivity contribution in [1.82, 2.24) is 4.90 Å². The Morgan fingerprint density at radius 2 is 2.06 bits per heavy atom. The minimum atomic E-state index is -1.80. The van der Waals surface area contributed by atoms with E-state index in [0.717, 1.165) is 4.90 Å². The second kappa shape index (κ2) is 3.29. The molecular weight excluding hydrogens is 226 g/mol. The molecule has 17 heavy (non-hydrogen) atoms.